The highest BCUT2D eigenvalue weighted by molar-refractivity contribution is 6.02. The molecule has 2 aromatic carbocycles. The molecular weight excluding hydrogens is 334 g/mol. The number of aliphatic carboxylic acids is 1. The summed E-state index contributed by atoms with van der Waals surface area (Å²) in [6.07, 6.45) is 1.31. The normalized spacial score (nSPS) is 10.9. The second-order valence-electron chi connectivity index (χ2n) is 5.24. The molecule has 0 aliphatic heterocycles. The molecule has 6 nitrogen and oxygen atoms in total. The molecule has 6 heteroatoms. The highest BCUT2D eigenvalue weighted by atomic mass is 16.5. The summed E-state index contributed by atoms with van der Waals surface area (Å²) in [7, 11) is 0. The van der Waals surface area contributed by atoms with E-state index in [1.54, 1.807) is 48.5 Å². The fourth-order valence-corrected chi connectivity index (χ4v) is 2.25. The van der Waals surface area contributed by atoms with Gasteiger partial charge in [-0.2, -0.15) is 0 Å². The number of rotatable bonds is 8. The van der Waals surface area contributed by atoms with Crippen molar-refractivity contribution in [3.8, 4) is 11.5 Å². The molecular formula is C20H20NO5-. The molecule has 2 aromatic rings. The van der Waals surface area contributed by atoms with Crippen LogP contribution in [0.3, 0.4) is 0 Å². The van der Waals surface area contributed by atoms with Gasteiger partial charge in [-0.25, -0.2) is 0 Å². The van der Waals surface area contributed by atoms with Crippen LogP contribution in [0.15, 0.2) is 54.2 Å². The van der Waals surface area contributed by atoms with Crippen LogP contribution in [0.2, 0.25) is 0 Å². The van der Waals surface area contributed by atoms with Crippen molar-refractivity contribution >= 4 is 18.0 Å². The van der Waals surface area contributed by atoms with Crippen LogP contribution in [0.25, 0.3) is 6.08 Å². The van der Waals surface area contributed by atoms with Crippen LogP contribution in [0.5, 0.6) is 11.5 Å². The molecule has 0 fully saturated rings. The SMILES string of the molecule is CCOc1ccc(/C=C(/NC(=O)c2ccccc2)C(=O)[O-])cc1OCC. The lowest BCUT2D eigenvalue weighted by Crippen LogP contribution is -2.35. The molecule has 0 heterocycles. The molecule has 0 saturated carbocycles. The first kappa shape index (κ1) is 19.1. The predicted octanol–water partition coefficient (Wildman–Crippen LogP) is 2.00. The van der Waals surface area contributed by atoms with E-state index in [9.17, 15) is 14.7 Å². The Labute approximate surface area is 152 Å². The Bertz CT molecular complexity index is 799. The summed E-state index contributed by atoms with van der Waals surface area (Å²) in [5, 5.41) is 13.8. The number of nitrogens with one attached hydrogen (secondary N) is 1. The second kappa shape index (κ2) is 9.27. The Morgan fingerprint density at radius 2 is 1.65 bits per heavy atom. The van der Waals surface area contributed by atoms with Gasteiger partial charge in [0.15, 0.2) is 11.5 Å². The van der Waals surface area contributed by atoms with E-state index in [0.717, 1.165) is 0 Å². The molecule has 136 valence electrons. The Morgan fingerprint density at radius 3 is 2.27 bits per heavy atom. The van der Waals surface area contributed by atoms with Crippen molar-refractivity contribution in [2.45, 2.75) is 13.8 Å². The largest absolute Gasteiger partial charge is 0.543 e. The highest BCUT2D eigenvalue weighted by Gasteiger charge is 2.10. The van der Waals surface area contributed by atoms with E-state index in [-0.39, 0.29) is 5.70 Å². The van der Waals surface area contributed by atoms with E-state index >= 15 is 0 Å². The number of benzene rings is 2. The number of carboxylic acid groups (broad SMARTS) is 1. The van der Waals surface area contributed by atoms with Crippen molar-refractivity contribution in [1.29, 1.82) is 0 Å². The van der Waals surface area contributed by atoms with Gasteiger partial charge >= 0.3 is 0 Å². The average Bonchev–Trinajstić information content (AvgIpc) is 2.64. The number of carboxylic acids is 1. The van der Waals surface area contributed by atoms with E-state index in [0.29, 0.717) is 35.8 Å². The molecule has 2 rings (SSSR count). The van der Waals surface area contributed by atoms with Gasteiger partial charge in [0, 0.05) is 5.56 Å². The Hall–Kier alpha value is -3.28. The Balaban J connectivity index is 2.29. The van der Waals surface area contributed by atoms with Crippen molar-refractivity contribution in [2.24, 2.45) is 0 Å². The van der Waals surface area contributed by atoms with E-state index in [4.69, 9.17) is 9.47 Å². The van der Waals surface area contributed by atoms with Gasteiger partial charge in [0.05, 0.1) is 24.9 Å². The number of ether oxygens (including phenoxy) is 2. The smallest absolute Gasteiger partial charge is 0.255 e. The number of carbonyl (C=O) groups is 2. The summed E-state index contributed by atoms with van der Waals surface area (Å²) in [5.41, 5.74) is 0.538. The number of hydrogen-bond acceptors (Lipinski definition) is 5. The first-order valence-electron chi connectivity index (χ1n) is 8.24. The van der Waals surface area contributed by atoms with Crippen LogP contribution in [-0.4, -0.2) is 25.1 Å². The standard InChI is InChI=1S/C20H21NO5/c1-3-25-17-11-10-14(13-18(17)26-4-2)12-16(20(23)24)21-19(22)15-8-6-5-7-9-15/h5-13H,3-4H2,1-2H3,(H,21,22)(H,23,24)/p-1/b16-12+. The van der Waals surface area contributed by atoms with Gasteiger partial charge in [0.1, 0.15) is 0 Å². The minimum atomic E-state index is -1.49. The summed E-state index contributed by atoms with van der Waals surface area (Å²) in [4.78, 5) is 23.6. The van der Waals surface area contributed by atoms with Gasteiger partial charge in [-0.15, -0.1) is 0 Å². The number of hydrogen-bond donors (Lipinski definition) is 1. The fraction of sp³-hybridized carbons (Fsp3) is 0.200. The zero-order chi connectivity index (χ0) is 18.9. The monoisotopic (exact) mass is 354 g/mol. The third-order valence-electron chi connectivity index (χ3n) is 3.38. The van der Waals surface area contributed by atoms with Crippen molar-refractivity contribution in [3.05, 3.63) is 65.4 Å². The van der Waals surface area contributed by atoms with Gasteiger partial charge in [0.25, 0.3) is 5.91 Å². The summed E-state index contributed by atoms with van der Waals surface area (Å²) >= 11 is 0. The lowest BCUT2D eigenvalue weighted by atomic mass is 10.1. The van der Waals surface area contributed by atoms with Crippen LogP contribution in [0, 0.1) is 0 Å². The summed E-state index contributed by atoms with van der Waals surface area (Å²) < 4.78 is 11.0. The molecule has 0 aliphatic carbocycles. The fourth-order valence-electron chi connectivity index (χ4n) is 2.25. The first-order chi connectivity index (χ1) is 12.5. The zero-order valence-corrected chi connectivity index (χ0v) is 14.7. The van der Waals surface area contributed by atoms with Crippen LogP contribution >= 0.6 is 0 Å². The van der Waals surface area contributed by atoms with Crippen molar-refractivity contribution in [2.75, 3.05) is 13.2 Å². The van der Waals surface area contributed by atoms with Crippen molar-refractivity contribution in [3.63, 3.8) is 0 Å². The lowest BCUT2D eigenvalue weighted by Gasteiger charge is -2.13. The maximum Gasteiger partial charge on any atom is 0.255 e. The quantitative estimate of drug-likeness (QED) is 0.733. The summed E-state index contributed by atoms with van der Waals surface area (Å²) in [6.45, 7) is 4.61. The molecule has 0 unspecified atom stereocenters. The minimum absolute atomic E-state index is 0.342. The molecule has 0 saturated heterocycles. The maximum absolute atomic E-state index is 12.2. The van der Waals surface area contributed by atoms with Crippen molar-refractivity contribution < 1.29 is 24.2 Å². The maximum atomic E-state index is 12.2. The molecule has 0 bridgehead atoms. The zero-order valence-electron chi connectivity index (χ0n) is 14.7. The topological polar surface area (TPSA) is 87.7 Å². The third kappa shape index (κ3) is 5.11. The summed E-state index contributed by atoms with van der Waals surface area (Å²) in [6, 6.07) is 13.3. The molecule has 0 spiro atoms. The average molecular weight is 354 g/mol. The number of amides is 1. The molecule has 0 atom stereocenters. The van der Waals surface area contributed by atoms with Crippen LogP contribution < -0.4 is 19.9 Å². The van der Waals surface area contributed by atoms with E-state index < -0.39 is 11.9 Å². The molecule has 0 radical (unpaired) electrons. The van der Waals surface area contributed by atoms with Crippen LogP contribution in [0.4, 0.5) is 0 Å². The van der Waals surface area contributed by atoms with Gasteiger partial charge < -0.3 is 24.7 Å². The first-order valence-corrected chi connectivity index (χ1v) is 8.24. The predicted molar refractivity (Wildman–Crippen MR) is 95.7 cm³/mol. The molecule has 1 N–H and O–H groups in total. The lowest BCUT2D eigenvalue weighted by molar-refractivity contribution is -0.299. The van der Waals surface area contributed by atoms with E-state index in [1.165, 1.54) is 6.08 Å². The van der Waals surface area contributed by atoms with Gasteiger partial charge in [-0.3, -0.25) is 4.79 Å². The Morgan fingerprint density at radius 1 is 1.00 bits per heavy atom. The highest BCUT2D eigenvalue weighted by Crippen LogP contribution is 2.29. The minimum Gasteiger partial charge on any atom is -0.543 e. The molecule has 1 amide bonds. The molecule has 26 heavy (non-hydrogen) atoms. The third-order valence-corrected chi connectivity index (χ3v) is 3.38. The Kier molecular flexibility index (Phi) is 6.79. The van der Waals surface area contributed by atoms with E-state index in [1.807, 2.05) is 13.8 Å². The van der Waals surface area contributed by atoms with E-state index in [2.05, 4.69) is 5.32 Å². The number of carbonyl (C=O) groups excluding carboxylic acids is 2. The summed E-state index contributed by atoms with van der Waals surface area (Å²) in [5.74, 6) is -0.955. The second-order valence-corrected chi connectivity index (χ2v) is 5.24. The molecule has 0 aliphatic rings. The van der Waals surface area contributed by atoms with Crippen molar-refractivity contribution in [1.82, 2.24) is 5.32 Å². The molecule has 0 aromatic heterocycles. The van der Waals surface area contributed by atoms with Gasteiger partial charge in [-0.1, -0.05) is 24.3 Å². The van der Waals surface area contributed by atoms with Gasteiger partial charge in [0.2, 0.25) is 0 Å². The van der Waals surface area contributed by atoms with Crippen LogP contribution in [-0.2, 0) is 4.79 Å². The van der Waals surface area contributed by atoms with Crippen LogP contribution in [0.1, 0.15) is 29.8 Å². The van der Waals surface area contributed by atoms with Gasteiger partial charge in [-0.05, 0) is 49.8 Å².